The molecule has 0 amide bonds. The van der Waals surface area contributed by atoms with Crippen LogP contribution in [-0.4, -0.2) is 10.7 Å². The van der Waals surface area contributed by atoms with Crippen LogP contribution < -0.4 is 0 Å². The molecule has 0 bridgehead atoms. The molecule has 2 aromatic rings. The fourth-order valence-corrected chi connectivity index (χ4v) is 2.37. The molecule has 0 spiro atoms. The third-order valence-corrected chi connectivity index (χ3v) is 3.28. The highest BCUT2D eigenvalue weighted by atomic mass is 14.7. The Bertz CT molecular complexity index is 644. The minimum Gasteiger partial charge on any atom is -0.358 e. The van der Waals surface area contributed by atoms with E-state index in [4.69, 9.17) is 5.41 Å². The Hall–Kier alpha value is -2.09. The van der Waals surface area contributed by atoms with Crippen LogP contribution in [0.2, 0.25) is 0 Å². The van der Waals surface area contributed by atoms with Gasteiger partial charge in [0.25, 0.3) is 0 Å². The molecule has 2 nitrogen and oxygen atoms in total. The minimum atomic E-state index is 0.474. The first kappa shape index (κ1) is 10.1. The molecule has 1 heterocycles. The first-order chi connectivity index (χ1) is 8.29. The molecule has 0 fully saturated rings. The summed E-state index contributed by atoms with van der Waals surface area (Å²) in [6.45, 7) is 3.65. The summed E-state index contributed by atoms with van der Waals surface area (Å²) in [4.78, 5) is 3.45. The first-order valence-corrected chi connectivity index (χ1v) is 5.82. The van der Waals surface area contributed by atoms with Crippen LogP contribution in [0.25, 0.3) is 17.0 Å². The van der Waals surface area contributed by atoms with E-state index in [0.717, 1.165) is 23.9 Å². The Morgan fingerprint density at radius 1 is 1.41 bits per heavy atom. The number of rotatable bonds is 2. The maximum Gasteiger partial charge on any atom is 0.0606 e. The maximum atomic E-state index is 7.80. The van der Waals surface area contributed by atoms with E-state index in [1.807, 2.05) is 6.07 Å². The number of hydrogen-bond donors (Lipinski definition) is 2. The molecule has 1 aliphatic rings. The Labute approximate surface area is 100 Å². The second kappa shape index (κ2) is 3.74. The van der Waals surface area contributed by atoms with Gasteiger partial charge in [0.15, 0.2) is 0 Å². The number of aromatic nitrogens is 1. The van der Waals surface area contributed by atoms with Crippen molar-refractivity contribution in [3.63, 3.8) is 0 Å². The van der Waals surface area contributed by atoms with Crippen LogP contribution in [0.5, 0.6) is 0 Å². The van der Waals surface area contributed by atoms with Crippen LogP contribution in [0, 0.1) is 5.41 Å². The SMILES string of the molecule is C=CC(=N)c1ccc2[nH]c3c(c2c1)C=CCC3. The minimum absolute atomic E-state index is 0.474. The number of hydrogen-bond acceptors (Lipinski definition) is 1. The van der Waals surface area contributed by atoms with E-state index in [9.17, 15) is 0 Å². The average Bonchev–Trinajstić information content (AvgIpc) is 2.75. The molecule has 0 atom stereocenters. The van der Waals surface area contributed by atoms with Crippen LogP contribution in [0.3, 0.4) is 0 Å². The molecule has 0 saturated heterocycles. The Morgan fingerprint density at radius 3 is 3.12 bits per heavy atom. The standard InChI is InChI=1S/C15H14N2/c1-2-13(16)10-7-8-15-12(9-10)11-5-3-4-6-14(11)17-15/h2-3,5,7-9,16-17H,1,4,6H2. The van der Waals surface area contributed by atoms with Gasteiger partial charge in [-0.1, -0.05) is 24.8 Å². The molecule has 0 unspecified atom stereocenters. The molecular weight excluding hydrogens is 208 g/mol. The fourth-order valence-electron chi connectivity index (χ4n) is 2.37. The highest BCUT2D eigenvalue weighted by molar-refractivity contribution is 6.08. The van der Waals surface area contributed by atoms with E-state index in [0.29, 0.717) is 5.71 Å². The molecule has 0 saturated carbocycles. The average molecular weight is 222 g/mol. The molecule has 84 valence electrons. The lowest BCUT2D eigenvalue weighted by Crippen LogP contribution is -1.93. The van der Waals surface area contributed by atoms with Gasteiger partial charge in [-0.15, -0.1) is 0 Å². The van der Waals surface area contributed by atoms with Gasteiger partial charge in [0.1, 0.15) is 0 Å². The van der Waals surface area contributed by atoms with Gasteiger partial charge in [0, 0.05) is 27.7 Å². The predicted molar refractivity (Wildman–Crippen MR) is 72.7 cm³/mol. The van der Waals surface area contributed by atoms with Crippen molar-refractivity contribution in [2.45, 2.75) is 12.8 Å². The van der Waals surface area contributed by atoms with E-state index < -0.39 is 0 Å². The van der Waals surface area contributed by atoms with E-state index in [2.05, 4.69) is 35.8 Å². The zero-order valence-electron chi connectivity index (χ0n) is 9.59. The van der Waals surface area contributed by atoms with Gasteiger partial charge in [-0.25, -0.2) is 0 Å². The number of benzene rings is 1. The van der Waals surface area contributed by atoms with Crippen molar-refractivity contribution in [2.24, 2.45) is 0 Å². The van der Waals surface area contributed by atoms with Gasteiger partial charge in [-0.3, -0.25) is 0 Å². The monoisotopic (exact) mass is 222 g/mol. The summed E-state index contributed by atoms with van der Waals surface area (Å²) in [5.74, 6) is 0. The van der Waals surface area contributed by atoms with Crippen molar-refractivity contribution >= 4 is 22.7 Å². The maximum absolute atomic E-state index is 7.80. The summed E-state index contributed by atoms with van der Waals surface area (Å²) in [6.07, 6.45) is 8.15. The molecule has 3 rings (SSSR count). The Morgan fingerprint density at radius 2 is 2.29 bits per heavy atom. The number of aromatic amines is 1. The highest BCUT2D eigenvalue weighted by Crippen LogP contribution is 2.28. The summed E-state index contributed by atoms with van der Waals surface area (Å²) in [5, 5.41) is 9.01. The van der Waals surface area contributed by atoms with Crippen LogP contribution in [0.4, 0.5) is 0 Å². The van der Waals surface area contributed by atoms with Gasteiger partial charge >= 0.3 is 0 Å². The van der Waals surface area contributed by atoms with Crippen molar-refractivity contribution < 1.29 is 0 Å². The normalized spacial score (nSPS) is 13.6. The molecular formula is C15H14N2. The summed E-state index contributed by atoms with van der Waals surface area (Å²) < 4.78 is 0. The predicted octanol–water partition coefficient (Wildman–Crippen LogP) is 3.68. The first-order valence-electron chi connectivity index (χ1n) is 5.82. The highest BCUT2D eigenvalue weighted by Gasteiger charge is 2.12. The molecule has 17 heavy (non-hydrogen) atoms. The quantitative estimate of drug-likeness (QED) is 0.728. The van der Waals surface area contributed by atoms with E-state index in [1.165, 1.54) is 16.6 Å². The largest absolute Gasteiger partial charge is 0.358 e. The molecule has 1 aromatic carbocycles. The molecule has 2 heteroatoms. The van der Waals surface area contributed by atoms with Gasteiger partial charge in [-0.2, -0.15) is 0 Å². The van der Waals surface area contributed by atoms with Crippen molar-refractivity contribution in [3.8, 4) is 0 Å². The summed E-state index contributed by atoms with van der Waals surface area (Å²) in [6, 6.07) is 6.09. The third-order valence-electron chi connectivity index (χ3n) is 3.28. The second-order valence-electron chi connectivity index (χ2n) is 4.34. The van der Waals surface area contributed by atoms with E-state index in [-0.39, 0.29) is 0 Å². The van der Waals surface area contributed by atoms with Crippen molar-refractivity contribution in [3.05, 3.63) is 53.8 Å². The second-order valence-corrected chi connectivity index (χ2v) is 4.34. The lowest BCUT2D eigenvalue weighted by Gasteiger charge is -2.04. The lowest BCUT2D eigenvalue weighted by molar-refractivity contribution is 0.951. The van der Waals surface area contributed by atoms with Crippen LogP contribution in [-0.2, 0) is 6.42 Å². The van der Waals surface area contributed by atoms with E-state index >= 15 is 0 Å². The number of allylic oxidation sites excluding steroid dienone is 2. The molecule has 0 radical (unpaired) electrons. The van der Waals surface area contributed by atoms with Gasteiger partial charge < -0.3 is 10.4 Å². The third kappa shape index (κ3) is 1.53. The zero-order valence-corrected chi connectivity index (χ0v) is 9.59. The molecule has 1 aliphatic carbocycles. The summed E-state index contributed by atoms with van der Waals surface area (Å²) >= 11 is 0. The fraction of sp³-hybridized carbons (Fsp3) is 0.133. The molecule has 1 aromatic heterocycles. The Kier molecular flexibility index (Phi) is 2.22. The smallest absolute Gasteiger partial charge is 0.0606 e. The summed E-state index contributed by atoms with van der Waals surface area (Å²) in [5.41, 5.74) is 5.15. The van der Waals surface area contributed by atoms with Crippen LogP contribution in [0.15, 0.2) is 36.9 Å². The topological polar surface area (TPSA) is 39.6 Å². The van der Waals surface area contributed by atoms with Gasteiger partial charge in [0.05, 0.1) is 5.71 Å². The number of H-pyrrole nitrogens is 1. The van der Waals surface area contributed by atoms with Gasteiger partial charge in [-0.05, 0) is 31.1 Å². The van der Waals surface area contributed by atoms with Crippen LogP contribution in [0.1, 0.15) is 23.2 Å². The van der Waals surface area contributed by atoms with Crippen molar-refractivity contribution in [1.82, 2.24) is 4.98 Å². The summed E-state index contributed by atoms with van der Waals surface area (Å²) in [7, 11) is 0. The van der Waals surface area contributed by atoms with Crippen molar-refractivity contribution in [1.29, 1.82) is 5.41 Å². The lowest BCUT2D eigenvalue weighted by atomic mass is 10.0. The van der Waals surface area contributed by atoms with Gasteiger partial charge in [0.2, 0.25) is 0 Å². The number of fused-ring (bicyclic) bond motifs is 3. The number of aryl methyl sites for hydroxylation is 1. The van der Waals surface area contributed by atoms with Crippen LogP contribution >= 0.6 is 0 Å². The Balaban J connectivity index is 2.25. The number of nitrogens with one attached hydrogen (secondary N) is 2. The zero-order chi connectivity index (χ0) is 11.8. The van der Waals surface area contributed by atoms with Crippen molar-refractivity contribution in [2.75, 3.05) is 0 Å². The van der Waals surface area contributed by atoms with E-state index in [1.54, 1.807) is 6.08 Å². The molecule has 2 N–H and O–H groups in total. The molecule has 0 aliphatic heterocycles.